The predicted molar refractivity (Wildman–Crippen MR) is 573 cm³/mol. The van der Waals surface area contributed by atoms with Crippen LogP contribution in [0.1, 0.15) is 30.6 Å². The molecule has 3 aliphatic heterocycles. The third-order valence-electron chi connectivity index (χ3n) is 23.1. The molecule has 0 amide bonds. The van der Waals surface area contributed by atoms with Gasteiger partial charge in [-0.3, -0.25) is 28.8 Å². The van der Waals surface area contributed by atoms with E-state index in [0.29, 0.717) is 92.3 Å². The molecular formula is C101H96B2Cl4N18O19S3. The monoisotopic (exact) mass is 2120 g/mol. The Balaban J connectivity index is 0.000000134. The van der Waals surface area contributed by atoms with Crippen LogP contribution in [-0.4, -0.2) is 217 Å². The molecule has 0 spiro atoms. The van der Waals surface area contributed by atoms with Gasteiger partial charge in [0.15, 0.2) is 6.29 Å². The zero-order chi connectivity index (χ0) is 104. The fourth-order valence-electron chi connectivity index (χ4n) is 15.2. The number of carbonyl (C=O) groups is 1. The summed E-state index contributed by atoms with van der Waals surface area (Å²) in [4.78, 5) is 125. The van der Waals surface area contributed by atoms with Gasteiger partial charge < -0.3 is 101 Å². The van der Waals surface area contributed by atoms with Gasteiger partial charge >= 0.3 is 14.2 Å². The minimum atomic E-state index is -1.46. The number of aliphatic hydroxyl groups is 2. The SMILES string of the molecule is COc1ccc(COc2nc(-c3ccc(N4CCOCC4)cc3)cc3ncn(C)c(=O)c23)cc1.COc1ccc(COc2nc(Cl)cc3ncn(C)c(=O)c23)cc1.Cn1cnc2cc(-c3ccc(N4CCOCC4)cc3)nc(-c3ccc(CO)s3)c2c1=O.Cn1cnc2cc(-c3ccc(N4CCOCC4)cc3)nc(Cl)c2c1=O.Cn1cnc2cc(Cl)nc(Cl)c2c1=O.O=Cc1ccc(B(O)O)s1.OCc1ccc(B(O)O)s1. The zero-order valence-electron chi connectivity index (χ0n) is 80.1. The number of aliphatic hydroxyl groups excluding tert-OH is 2. The van der Waals surface area contributed by atoms with Gasteiger partial charge in [0, 0.05) is 140 Å². The lowest BCUT2D eigenvalue weighted by Gasteiger charge is -2.28. The highest BCUT2D eigenvalue weighted by atomic mass is 35.5. The molecule has 147 heavy (non-hydrogen) atoms. The predicted octanol–water partition coefficient (Wildman–Crippen LogP) is 11.3. The normalized spacial score (nSPS) is 12.8. The van der Waals surface area contributed by atoms with Crippen LogP contribution in [0.3, 0.4) is 0 Å². The maximum atomic E-state index is 12.9. The number of morpholine rings is 3. The molecule has 0 unspecified atom stereocenters. The van der Waals surface area contributed by atoms with E-state index in [1.807, 2.05) is 97.1 Å². The molecule has 46 heteroatoms. The van der Waals surface area contributed by atoms with E-state index in [-0.39, 0.29) is 86.6 Å². The highest BCUT2D eigenvalue weighted by Crippen LogP contribution is 2.37. The molecule has 3 aliphatic rings. The summed E-state index contributed by atoms with van der Waals surface area (Å²) in [5, 5.41) is 55.0. The van der Waals surface area contributed by atoms with Crippen molar-refractivity contribution < 1.29 is 68.3 Å². The zero-order valence-corrected chi connectivity index (χ0v) is 85.6. The number of carbonyl (C=O) groups excluding carboxylic acids is 1. The number of hydrogen-bond donors (Lipinski definition) is 6. The summed E-state index contributed by atoms with van der Waals surface area (Å²) in [5.74, 6) is 1.98. The first-order valence-electron chi connectivity index (χ1n) is 45.5. The van der Waals surface area contributed by atoms with E-state index in [4.69, 9.17) is 115 Å². The maximum absolute atomic E-state index is 12.9. The van der Waals surface area contributed by atoms with E-state index in [9.17, 15) is 33.9 Å². The first-order valence-corrected chi connectivity index (χ1v) is 49.4. The van der Waals surface area contributed by atoms with Crippen LogP contribution in [0.15, 0.2) is 244 Å². The average Bonchev–Trinajstić information content (AvgIpc) is 1.74. The average molecular weight is 2130 g/mol. The number of hydrogen-bond acceptors (Lipinski definition) is 35. The number of ether oxygens (including phenoxy) is 7. The Bertz CT molecular complexity index is 8000. The standard InChI is InChI=1S/C26H26N4O4.C23H22N4O3S.C18H17ClN4O2.C16H14ClN3O3.C8H5Cl2N3O.C5H7BO3S.C5H5BO3S/c1-29-17-27-23-15-22(19-5-7-20(8-6-19)30-11-13-33-14-12-30)28-25(24(23)26(29)31)34-16-18-3-9-21(32-2)10-4-18;1-26-14-24-19-12-18(15-2-4-16(5-3-15)27-8-10-30-11-9-27)25-22(21(19)23(26)29)20-7-6-17(13-28)31-20;1-22-11-20-15-10-14(21-17(19)16(15)18(22)24)12-2-4-13(5-3-12)23-6-8-25-9-7-23;1-20-9-18-12-7-13(17)19-15(14(12)16(20)21)23-8-10-3-5-11(22-2)6-4-10;1-13-3-11-4-2-5(9)12-7(10)6(4)8(13)14;2*7-3-4-1-2-5(10-4)6(8)9/h3-10,15,17H,11-14,16H2,1-2H3;2-7,12,14,28H,8-11,13H2,1H3;2-5,10-11H,6-9H2,1H3;3-7,9H,8H2,1-2H3;2-3H,1H3;1-2,7-9H,3H2;1-3,8-9H. The summed E-state index contributed by atoms with van der Waals surface area (Å²) in [6.07, 6.45) is 8.07. The summed E-state index contributed by atoms with van der Waals surface area (Å²) in [7, 11) is 8.58. The first-order chi connectivity index (χ1) is 71.0. The quantitative estimate of drug-likeness (QED) is 0.0234. The number of aldehydes is 1. The second-order valence-electron chi connectivity index (χ2n) is 32.9. The Kier molecular flexibility index (Phi) is 36.6. The van der Waals surface area contributed by atoms with E-state index >= 15 is 0 Å². The molecule has 3 saturated heterocycles. The number of pyridine rings is 5. The van der Waals surface area contributed by atoms with Crippen molar-refractivity contribution in [1.82, 2.24) is 72.7 Å². The van der Waals surface area contributed by atoms with Crippen molar-refractivity contribution in [3.05, 3.63) is 318 Å². The molecule has 0 radical (unpaired) electrons. The second-order valence-corrected chi connectivity index (χ2v) is 37.9. The Morgan fingerprint density at radius 1 is 0.374 bits per heavy atom. The van der Waals surface area contributed by atoms with Crippen LogP contribution in [0.25, 0.3) is 98.9 Å². The summed E-state index contributed by atoms with van der Waals surface area (Å²) in [6, 6.07) is 58.3. The lowest BCUT2D eigenvalue weighted by molar-refractivity contribution is 0.112. The van der Waals surface area contributed by atoms with Gasteiger partial charge in [0.1, 0.15) is 66.9 Å². The van der Waals surface area contributed by atoms with Crippen LogP contribution in [0, 0.1) is 0 Å². The van der Waals surface area contributed by atoms with Crippen LogP contribution in [-0.2, 0) is 75.9 Å². The molecule has 0 aliphatic carbocycles. The van der Waals surface area contributed by atoms with E-state index < -0.39 is 14.2 Å². The highest BCUT2D eigenvalue weighted by molar-refractivity contribution is 7.23. The van der Waals surface area contributed by atoms with Gasteiger partial charge in [-0.15, -0.1) is 34.0 Å². The Hall–Kier alpha value is -14.2. The number of aryl methyl sites for hydroxylation is 5. The van der Waals surface area contributed by atoms with Gasteiger partial charge in [0.05, 0.1) is 164 Å². The van der Waals surface area contributed by atoms with Gasteiger partial charge in [-0.2, -0.15) is 0 Å². The fraction of sp³-hybridized carbons (Fsp3) is 0.228. The molecule has 756 valence electrons. The minimum Gasteiger partial charge on any atom is -0.497 e. The number of fused-ring (bicyclic) bond motifs is 5. The van der Waals surface area contributed by atoms with Gasteiger partial charge in [0.25, 0.3) is 27.8 Å². The largest absolute Gasteiger partial charge is 0.499 e. The topological polar surface area (TPSA) is 452 Å². The molecule has 16 heterocycles. The molecule has 13 aromatic heterocycles. The van der Waals surface area contributed by atoms with Crippen molar-refractivity contribution in [3.63, 3.8) is 0 Å². The van der Waals surface area contributed by atoms with Gasteiger partial charge in [-0.05, 0) is 114 Å². The van der Waals surface area contributed by atoms with E-state index in [1.54, 1.807) is 79.8 Å². The third kappa shape index (κ3) is 26.8. The molecule has 0 bridgehead atoms. The van der Waals surface area contributed by atoms with Gasteiger partial charge in [-0.1, -0.05) is 119 Å². The van der Waals surface area contributed by atoms with Gasteiger partial charge in [0.2, 0.25) is 11.8 Å². The number of rotatable bonds is 20. The van der Waals surface area contributed by atoms with Gasteiger partial charge in [-0.25, -0.2) is 49.8 Å². The number of anilines is 3. The van der Waals surface area contributed by atoms with Crippen LogP contribution < -0.4 is 71.0 Å². The molecule has 6 N–H and O–H groups in total. The second kappa shape index (κ2) is 50.3. The highest BCUT2D eigenvalue weighted by Gasteiger charge is 2.24. The summed E-state index contributed by atoms with van der Waals surface area (Å²) < 4.78 is 46.2. The lowest BCUT2D eigenvalue weighted by atomic mass is 9.90. The molecule has 21 rings (SSSR count). The number of halogens is 4. The minimum absolute atomic E-state index is 0.0401. The molecule has 3 fully saturated rings. The van der Waals surface area contributed by atoms with Crippen molar-refractivity contribution in [2.75, 3.05) is 108 Å². The van der Waals surface area contributed by atoms with Crippen LogP contribution >= 0.6 is 80.4 Å². The maximum Gasteiger partial charge on any atom is 0.499 e. The molecule has 5 aromatic carbocycles. The lowest BCUT2D eigenvalue weighted by Crippen LogP contribution is -2.36. The summed E-state index contributed by atoms with van der Waals surface area (Å²) in [5.41, 5.74) is 12.5. The molecule has 0 atom stereocenters. The molecule has 37 nitrogen and oxygen atoms in total. The summed E-state index contributed by atoms with van der Waals surface area (Å²) in [6.45, 7) is 10.2. The Labute approximate surface area is 871 Å². The van der Waals surface area contributed by atoms with Crippen molar-refractivity contribution >= 4 is 182 Å². The van der Waals surface area contributed by atoms with Crippen molar-refractivity contribution in [1.29, 1.82) is 0 Å². The molecular weight excluding hydrogens is 2030 g/mol. The molecule has 0 saturated carbocycles. The van der Waals surface area contributed by atoms with E-state index in [0.717, 1.165) is 167 Å². The van der Waals surface area contributed by atoms with Crippen molar-refractivity contribution in [3.8, 4) is 67.6 Å². The van der Waals surface area contributed by atoms with Crippen LogP contribution in [0.2, 0.25) is 20.6 Å². The van der Waals surface area contributed by atoms with Crippen LogP contribution in [0.5, 0.6) is 23.3 Å². The number of benzene rings is 5. The fourth-order valence-corrected chi connectivity index (χ4v) is 18.5. The number of aromatic nitrogens is 15. The van der Waals surface area contributed by atoms with Crippen LogP contribution in [0.4, 0.5) is 17.1 Å². The van der Waals surface area contributed by atoms with E-state index in [2.05, 4.69) is 103 Å². The van der Waals surface area contributed by atoms with Crippen molar-refractivity contribution in [2.45, 2.75) is 26.4 Å². The Morgan fingerprint density at radius 3 is 1.08 bits per heavy atom. The number of nitrogens with zero attached hydrogens (tertiary/aromatic N) is 18. The third-order valence-corrected chi connectivity index (χ3v) is 27.3. The summed E-state index contributed by atoms with van der Waals surface area (Å²) >= 11 is 27.4. The molecule has 18 aromatic rings. The smallest absolute Gasteiger partial charge is 0.497 e. The van der Waals surface area contributed by atoms with E-state index in [1.165, 1.54) is 89.3 Å². The van der Waals surface area contributed by atoms with Crippen molar-refractivity contribution in [2.24, 2.45) is 35.2 Å². The Morgan fingerprint density at radius 2 is 0.707 bits per heavy atom. The number of thiophene rings is 3. The first kappa shape index (κ1) is 107. The number of methoxy groups -OCH3 is 2.